The van der Waals surface area contributed by atoms with Gasteiger partial charge in [0, 0.05) is 13.2 Å². The van der Waals surface area contributed by atoms with Crippen molar-refractivity contribution in [2.45, 2.75) is 39.5 Å². The number of carboxylic acid groups (broad SMARTS) is 1. The molecule has 1 atom stereocenters. The predicted molar refractivity (Wildman–Crippen MR) is 66.9 cm³/mol. The molecule has 0 aliphatic carbocycles. The Balaban J connectivity index is 2.41. The predicted octanol–water partition coefficient (Wildman–Crippen LogP) is 1.58. The lowest BCUT2D eigenvalue weighted by molar-refractivity contribution is -0.151. The molecule has 4 heteroatoms. The molecule has 1 saturated heterocycles. The molecule has 1 aliphatic rings. The van der Waals surface area contributed by atoms with Gasteiger partial charge in [0.05, 0.1) is 5.41 Å². The summed E-state index contributed by atoms with van der Waals surface area (Å²) < 4.78 is 0. The van der Waals surface area contributed by atoms with Gasteiger partial charge in [0.2, 0.25) is 0 Å². The standard InChI is InChI=1S/C13H25NO3/c1-11(2)13(12(16)17)6-8-14(10-13)7-4-3-5-9-15/h11,15H,3-10H2,1-2H3,(H,16,17). The lowest BCUT2D eigenvalue weighted by atomic mass is 9.76. The molecule has 0 radical (unpaired) electrons. The average Bonchev–Trinajstić information content (AvgIpc) is 2.70. The van der Waals surface area contributed by atoms with Gasteiger partial charge >= 0.3 is 5.97 Å². The first-order valence-corrected chi connectivity index (χ1v) is 6.59. The van der Waals surface area contributed by atoms with E-state index >= 15 is 0 Å². The topological polar surface area (TPSA) is 60.8 Å². The summed E-state index contributed by atoms with van der Waals surface area (Å²) in [5, 5.41) is 18.1. The molecule has 1 aliphatic heterocycles. The van der Waals surface area contributed by atoms with E-state index in [2.05, 4.69) is 4.90 Å². The van der Waals surface area contributed by atoms with E-state index in [1.807, 2.05) is 13.8 Å². The summed E-state index contributed by atoms with van der Waals surface area (Å²) in [6, 6.07) is 0. The molecule has 0 spiro atoms. The van der Waals surface area contributed by atoms with Crippen LogP contribution in [0.25, 0.3) is 0 Å². The Labute approximate surface area is 104 Å². The van der Waals surface area contributed by atoms with Gasteiger partial charge in [0.1, 0.15) is 0 Å². The summed E-state index contributed by atoms with van der Waals surface area (Å²) in [5.74, 6) is -0.465. The minimum absolute atomic E-state index is 0.183. The quantitative estimate of drug-likeness (QED) is 0.666. The van der Waals surface area contributed by atoms with Crippen molar-refractivity contribution in [2.75, 3.05) is 26.2 Å². The van der Waals surface area contributed by atoms with Crippen molar-refractivity contribution in [2.24, 2.45) is 11.3 Å². The van der Waals surface area contributed by atoms with Gasteiger partial charge < -0.3 is 15.1 Å². The minimum atomic E-state index is -0.648. The highest BCUT2D eigenvalue weighted by molar-refractivity contribution is 5.75. The second kappa shape index (κ2) is 6.36. The van der Waals surface area contributed by atoms with Crippen molar-refractivity contribution < 1.29 is 15.0 Å². The second-order valence-corrected chi connectivity index (χ2v) is 5.43. The van der Waals surface area contributed by atoms with Gasteiger partial charge in [-0.15, -0.1) is 0 Å². The number of unbranched alkanes of at least 4 members (excludes halogenated alkanes) is 2. The van der Waals surface area contributed by atoms with E-state index in [4.69, 9.17) is 5.11 Å². The maximum atomic E-state index is 11.4. The van der Waals surface area contributed by atoms with Crippen molar-refractivity contribution in [3.8, 4) is 0 Å². The van der Waals surface area contributed by atoms with Crippen molar-refractivity contribution in [1.82, 2.24) is 4.90 Å². The lowest BCUT2D eigenvalue weighted by Gasteiger charge is -2.28. The van der Waals surface area contributed by atoms with E-state index in [0.717, 1.165) is 38.8 Å². The molecule has 0 aromatic carbocycles. The van der Waals surface area contributed by atoms with Gasteiger partial charge in [-0.3, -0.25) is 4.79 Å². The number of hydrogen-bond acceptors (Lipinski definition) is 3. The fourth-order valence-corrected chi connectivity index (χ4v) is 2.62. The molecule has 1 fully saturated rings. The molecule has 1 heterocycles. The van der Waals surface area contributed by atoms with Crippen molar-refractivity contribution >= 4 is 5.97 Å². The van der Waals surface area contributed by atoms with Gasteiger partial charge in [0.25, 0.3) is 0 Å². The Morgan fingerprint density at radius 2 is 2.06 bits per heavy atom. The van der Waals surface area contributed by atoms with Crippen LogP contribution in [-0.4, -0.2) is 47.3 Å². The number of aliphatic carboxylic acids is 1. The Hall–Kier alpha value is -0.610. The smallest absolute Gasteiger partial charge is 0.311 e. The third-order valence-corrected chi connectivity index (χ3v) is 4.04. The van der Waals surface area contributed by atoms with Gasteiger partial charge in [0.15, 0.2) is 0 Å². The van der Waals surface area contributed by atoms with E-state index < -0.39 is 11.4 Å². The molecule has 1 rings (SSSR count). The minimum Gasteiger partial charge on any atom is -0.481 e. The highest BCUT2D eigenvalue weighted by Gasteiger charge is 2.46. The van der Waals surface area contributed by atoms with E-state index in [1.165, 1.54) is 0 Å². The van der Waals surface area contributed by atoms with Crippen molar-refractivity contribution in [3.05, 3.63) is 0 Å². The SMILES string of the molecule is CC(C)C1(C(=O)O)CCN(CCCCCO)C1. The Bertz CT molecular complexity index is 255. The van der Waals surface area contributed by atoms with Gasteiger partial charge in [-0.1, -0.05) is 13.8 Å². The van der Waals surface area contributed by atoms with Crippen LogP contribution in [0.5, 0.6) is 0 Å². The zero-order valence-corrected chi connectivity index (χ0v) is 11.0. The molecular weight excluding hydrogens is 218 g/mol. The molecule has 17 heavy (non-hydrogen) atoms. The van der Waals surface area contributed by atoms with Crippen molar-refractivity contribution in [3.63, 3.8) is 0 Å². The van der Waals surface area contributed by atoms with Crippen LogP contribution in [0, 0.1) is 11.3 Å². The zero-order chi connectivity index (χ0) is 12.9. The first-order valence-electron chi connectivity index (χ1n) is 6.59. The first-order chi connectivity index (χ1) is 8.03. The van der Waals surface area contributed by atoms with Crippen LogP contribution in [0.3, 0.4) is 0 Å². The number of likely N-dealkylation sites (tertiary alicyclic amines) is 1. The molecule has 0 aromatic heterocycles. The van der Waals surface area contributed by atoms with Crippen LogP contribution >= 0.6 is 0 Å². The summed E-state index contributed by atoms with van der Waals surface area (Å²) in [6.45, 7) is 6.79. The highest BCUT2D eigenvalue weighted by Crippen LogP contribution is 2.38. The lowest BCUT2D eigenvalue weighted by Crippen LogP contribution is -2.39. The van der Waals surface area contributed by atoms with Crippen LogP contribution < -0.4 is 0 Å². The fraction of sp³-hybridized carbons (Fsp3) is 0.923. The number of aliphatic hydroxyl groups excluding tert-OH is 1. The fourth-order valence-electron chi connectivity index (χ4n) is 2.62. The molecule has 2 N–H and O–H groups in total. The number of aliphatic hydroxyl groups is 1. The van der Waals surface area contributed by atoms with Gasteiger partial charge in [-0.2, -0.15) is 0 Å². The summed E-state index contributed by atoms with van der Waals surface area (Å²) in [7, 11) is 0. The normalized spacial score (nSPS) is 25.6. The van der Waals surface area contributed by atoms with Crippen LogP contribution in [-0.2, 0) is 4.79 Å². The number of carbonyl (C=O) groups is 1. The molecule has 4 nitrogen and oxygen atoms in total. The molecule has 0 aromatic rings. The van der Waals surface area contributed by atoms with Crippen molar-refractivity contribution in [1.29, 1.82) is 0 Å². The van der Waals surface area contributed by atoms with Gasteiger partial charge in [-0.25, -0.2) is 0 Å². The van der Waals surface area contributed by atoms with E-state index in [-0.39, 0.29) is 12.5 Å². The van der Waals surface area contributed by atoms with Gasteiger partial charge in [-0.05, 0) is 44.7 Å². The first kappa shape index (κ1) is 14.5. The maximum Gasteiger partial charge on any atom is 0.311 e. The van der Waals surface area contributed by atoms with E-state index in [9.17, 15) is 9.90 Å². The van der Waals surface area contributed by atoms with Crippen LogP contribution in [0.1, 0.15) is 39.5 Å². The molecule has 0 saturated carbocycles. The Kier molecular flexibility index (Phi) is 5.40. The summed E-state index contributed by atoms with van der Waals surface area (Å²) in [4.78, 5) is 13.7. The third kappa shape index (κ3) is 3.42. The highest BCUT2D eigenvalue weighted by atomic mass is 16.4. The monoisotopic (exact) mass is 243 g/mol. The molecule has 0 bridgehead atoms. The third-order valence-electron chi connectivity index (χ3n) is 4.04. The number of hydrogen-bond donors (Lipinski definition) is 2. The number of rotatable bonds is 7. The average molecular weight is 243 g/mol. The largest absolute Gasteiger partial charge is 0.481 e. The number of carboxylic acids is 1. The second-order valence-electron chi connectivity index (χ2n) is 5.43. The van der Waals surface area contributed by atoms with Crippen LogP contribution in [0.4, 0.5) is 0 Å². The summed E-state index contributed by atoms with van der Waals surface area (Å²) >= 11 is 0. The number of nitrogens with zero attached hydrogens (tertiary/aromatic N) is 1. The van der Waals surface area contributed by atoms with E-state index in [1.54, 1.807) is 0 Å². The summed E-state index contributed by atoms with van der Waals surface area (Å²) in [5.41, 5.74) is -0.545. The van der Waals surface area contributed by atoms with Crippen LogP contribution in [0.15, 0.2) is 0 Å². The molecular formula is C13H25NO3. The molecule has 100 valence electrons. The Morgan fingerprint density at radius 1 is 1.35 bits per heavy atom. The summed E-state index contributed by atoms with van der Waals surface area (Å²) in [6.07, 6.45) is 3.69. The Morgan fingerprint density at radius 3 is 2.53 bits per heavy atom. The zero-order valence-electron chi connectivity index (χ0n) is 11.0. The van der Waals surface area contributed by atoms with E-state index in [0.29, 0.717) is 6.54 Å². The van der Waals surface area contributed by atoms with Crippen LogP contribution in [0.2, 0.25) is 0 Å². The molecule has 1 unspecified atom stereocenters. The molecule has 0 amide bonds. The maximum absolute atomic E-state index is 11.4.